The van der Waals surface area contributed by atoms with E-state index < -0.39 is 0 Å². The van der Waals surface area contributed by atoms with E-state index in [1.165, 1.54) is 22.3 Å². The number of benzene rings is 2. The third-order valence-electron chi connectivity index (χ3n) is 3.44. The number of carbonyl (C=O) groups is 1. The molecule has 0 saturated carbocycles. The fourth-order valence-electron chi connectivity index (χ4n) is 2.49. The molecule has 4 heteroatoms. The van der Waals surface area contributed by atoms with Gasteiger partial charge in [0.25, 0.3) is 0 Å². The zero-order valence-corrected chi connectivity index (χ0v) is 11.7. The highest BCUT2D eigenvalue weighted by molar-refractivity contribution is 6.27. The summed E-state index contributed by atoms with van der Waals surface area (Å²) in [4.78, 5) is 11.3. The number of rotatable bonds is 3. The zero-order valence-electron chi connectivity index (χ0n) is 11.0. The van der Waals surface area contributed by atoms with E-state index in [2.05, 4.69) is 35.8 Å². The van der Waals surface area contributed by atoms with Crippen LogP contribution in [0.3, 0.4) is 0 Å². The zero-order chi connectivity index (χ0) is 13.9. The van der Waals surface area contributed by atoms with Gasteiger partial charge in [-0.05, 0) is 28.3 Å². The third-order valence-corrected chi connectivity index (χ3v) is 3.68. The van der Waals surface area contributed by atoms with Gasteiger partial charge in [0, 0.05) is 13.1 Å². The minimum Gasteiger partial charge on any atom is -0.287 e. The molecule has 0 spiro atoms. The Morgan fingerprint density at radius 3 is 2.55 bits per heavy atom. The van der Waals surface area contributed by atoms with Crippen molar-refractivity contribution in [1.82, 2.24) is 10.4 Å². The van der Waals surface area contributed by atoms with Gasteiger partial charge in [0.05, 0.1) is 0 Å². The molecule has 2 aromatic rings. The van der Waals surface area contributed by atoms with Crippen molar-refractivity contribution in [2.24, 2.45) is 0 Å². The molecular weight excluding hydrogens is 272 g/mol. The van der Waals surface area contributed by atoms with E-state index in [4.69, 9.17) is 11.6 Å². The molecular formula is C16H15ClN2O. The van der Waals surface area contributed by atoms with Crippen molar-refractivity contribution in [3.63, 3.8) is 0 Å². The minimum atomic E-state index is -0.164. The largest absolute Gasteiger partial charge is 0.287 e. The monoisotopic (exact) mass is 286 g/mol. The first-order valence-electron chi connectivity index (χ1n) is 6.54. The second kappa shape index (κ2) is 5.65. The van der Waals surface area contributed by atoms with E-state index in [-0.39, 0.29) is 11.8 Å². The fourth-order valence-corrected chi connectivity index (χ4v) is 2.55. The number of nitrogens with zero attached hydrogens (tertiary/aromatic N) is 1. The highest BCUT2D eigenvalue weighted by Gasteiger charge is 2.20. The summed E-state index contributed by atoms with van der Waals surface area (Å²) in [6.45, 7) is 1.45. The predicted octanol–water partition coefficient (Wildman–Crippen LogP) is 2.94. The third kappa shape index (κ3) is 2.69. The Labute approximate surface area is 123 Å². The average molecular weight is 287 g/mol. The Bertz CT molecular complexity index is 628. The van der Waals surface area contributed by atoms with Crippen LogP contribution in [0.25, 0.3) is 11.1 Å². The number of hydrazine groups is 1. The van der Waals surface area contributed by atoms with Crippen LogP contribution in [0.15, 0.2) is 48.5 Å². The molecule has 1 heterocycles. The van der Waals surface area contributed by atoms with E-state index in [0.717, 1.165) is 13.1 Å². The summed E-state index contributed by atoms with van der Waals surface area (Å²) in [6, 6.07) is 16.7. The molecule has 3 nitrogen and oxygen atoms in total. The van der Waals surface area contributed by atoms with Gasteiger partial charge in [-0.2, -0.15) is 0 Å². The molecule has 102 valence electrons. The summed E-state index contributed by atoms with van der Waals surface area (Å²) >= 11 is 5.51. The van der Waals surface area contributed by atoms with Crippen molar-refractivity contribution in [1.29, 1.82) is 0 Å². The molecule has 1 N–H and O–H groups in total. The molecule has 0 fully saturated rings. The summed E-state index contributed by atoms with van der Waals surface area (Å²) < 4.78 is 0. The lowest BCUT2D eigenvalue weighted by molar-refractivity contribution is -0.123. The lowest BCUT2D eigenvalue weighted by atomic mass is 10.0. The van der Waals surface area contributed by atoms with Gasteiger partial charge in [0.15, 0.2) is 0 Å². The maximum Gasteiger partial charge on any atom is 0.249 e. The first kappa shape index (κ1) is 13.2. The van der Waals surface area contributed by atoms with Crippen LogP contribution in [0.2, 0.25) is 0 Å². The van der Waals surface area contributed by atoms with Crippen molar-refractivity contribution in [3.05, 3.63) is 59.7 Å². The Kier molecular flexibility index (Phi) is 3.72. The lowest BCUT2D eigenvalue weighted by Crippen LogP contribution is -2.39. The van der Waals surface area contributed by atoms with E-state index in [9.17, 15) is 4.79 Å². The molecule has 0 saturated heterocycles. The summed E-state index contributed by atoms with van der Waals surface area (Å²) in [6.07, 6.45) is 0. The molecule has 0 atom stereocenters. The number of hydrogen-bond donors (Lipinski definition) is 1. The second-order valence-corrected chi connectivity index (χ2v) is 5.14. The molecule has 0 radical (unpaired) electrons. The number of carbonyl (C=O) groups excluding carboxylic acids is 1. The van der Waals surface area contributed by atoms with Crippen LogP contribution >= 0.6 is 11.6 Å². The van der Waals surface area contributed by atoms with Gasteiger partial charge in [0.2, 0.25) is 5.91 Å². The van der Waals surface area contributed by atoms with Crippen LogP contribution in [-0.2, 0) is 17.9 Å². The summed E-state index contributed by atoms with van der Waals surface area (Å²) in [5.41, 5.74) is 7.71. The lowest BCUT2D eigenvalue weighted by Gasteiger charge is -2.14. The molecule has 0 bridgehead atoms. The quantitative estimate of drug-likeness (QED) is 0.880. The number of halogens is 1. The SMILES string of the molecule is O=C(CCl)NN1Cc2ccc(-c3ccccc3)cc2C1. The van der Waals surface area contributed by atoms with Crippen LogP contribution in [0.1, 0.15) is 11.1 Å². The molecule has 2 aromatic carbocycles. The van der Waals surface area contributed by atoms with Crippen LogP contribution in [-0.4, -0.2) is 16.8 Å². The standard InChI is InChI=1S/C16H15ClN2O/c17-9-16(20)18-19-10-14-7-6-13(8-15(14)11-19)12-4-2-1-3-5-12/h1-8H,9-11H2,(H,18,20). The minimum absolute atomic E-state index is 0.0118. The fraction of sp³-hybridized carbons (Fsp3) is 0.188. The number of hydrogen-bond acceptors (Lipinski definition) is 2. The van der Waals surface area contributed by atoms with Crippen LogP contribution < -0.4 is 5.43 Å². The Morgan fingerprint density at radius 2 is 1.80 bits per heavy atom. The van der Waals surface area contributed by atoms with Gasteiger partial charge in [-0.15, -0.1) is 11.6 Å². The van der Waals surface area contributed by atoms with Gasteiger partial charge < -0.3 is 0 Å². The van der Waals surface area contributed by atoms with Gasteiger partial charge in [-0.1, -0.05) is 42.5 Å². The molecule has 1 aliphatic heterocycles. The molecule has 20 heavy (non-hydrogen) atoms. The smallest absolute Gasteiger partial charge is 0.249 e. The number of alkyl halides is 1. The van der Waals surface area contributed by atoms with Crippen LogP contribution in [0.5, 0.6) is 0 Å². The molecule has 0 aliphatic carbocycles. The first-order valence-corrected chi connectivity index (χ1v) is 7.07. The van der Waals surface area contributed by atoms with Crippen molar-refractivity contribution in [2.75, 3.05) is 5.88 Å². The molecule has 3 rings (SSSR count). The predicted molar refractivity (Wildman–Crippen MR) is 80.0 cm³/mol. The summed E-state index contributed by atoms with van der Waals surface area (Å²) in [7, 11) is 0. The van der Waals surface area contributed by atoms with E-state index in [1.54, 1.807) is 0 Å². The van der Waals surface area contributed by atoms with Gasteiger partial charge in [0.1, 0.15) is 5.88 Å². The molecule has 0 unspecified atom stereocenters. The number of amides is 1. The normalized spacial score (nSPS) is 14.1. The number of nitrogens with one attached hydrogen (secondary N) is 1. The highest BCUT2D eigenvalue weighted by atomic mass is 35.5. The van der Waals surface area contributed by atoms with Crippen LogP contribution in [0.4, 0.5) is 0 Å². The Morgan fingerprint density at radius 1 is 1.05 bits per heavy atom. The maximum atomic E-state index is 11.3. The first-order chi connectivity index (χ1) is 9.76. The van der Waals surface area contributed by atoms with Gasteiger partial charge in [-0.25, -0.2) is 5.01 Å². The van der Waals surface area contributed by atoms with E-state index >= 15 is 0 Å². The molecule has 1 aliphatic rings. The maximum absolute atomic E-state index is 11.3. The van der Waals surface area contributed by atoms with Crippen molar-refractivity contribution in [3.8, 4) is 11.1 Å². The highest BCUT2D eigenvalue weighted by Crippen LogP contribution is 2.27. The topological polar surface area (TPSA) is 32.3 Å². The van der Waals surface area contributed by atoms with Crippen molar-refractivity contribution < 1.29 is 4.79 Å². The van der Waals surface area contributed by atoms with Crippen molar-refractivity contribution >= 4 is 17.5 Å². The van der Waals surface area contributed by atoms with E-state index in [0.29, 0.717) is 0 Å². The van der Waals surface area contributed by atoms with Crippen LogP contribution in [0, 0.1) is 0 Å². The van der Waals surface area contributed by atoms with Gasteiger partial charge >= 0.3 is 0 Å². The van der Waals surface area contributed by atoms with E-state index in [1.807, 2.05) is 23.2 Å². The summed E-state index contributed by atoms with van der Waals surface area (Å²) in [5.74, 6) is -0.176. The Balaban J connectivity index is 1.80. The van der Waals surface area contributed by atoms with Crippen molar-refractivity contribution in [2.45, 2.75) is 13.1 Å². The summed E-state index contributed by atoms with van der Waals surface area (Å²) in [5, 5.41) is 1.89. The average Bonchev–Trinajstić information content (AvgIpc) is 2.89. The molecule has 1 amide bonds. The number of fused-ring (bicyclic) bond motifs is 1. The second-order valence-electron chi connectivity index (χ2n) is 4.87. The Hall–Kier alpha value is -1.84. The van der Waals surface area contributed by atoms with Gasteiger partial charge in [-0.3, -0.25) is 10.2 Å². The molecule has 0 aromatic heterocycles.